The van der Waals surface area contributed by atoms with E-state index < -0.39 is 5.82 Å². The third-order valence-corrected chi connectivity index (χ3v) is 3.11. The van der Waals surface area contributed by atoms with Crippen LogP contribution in [-0.4, -0.2) is 9.97 Å². The van der Waals surface area contributed by atoms with Gasteiger partial charge in [0.1, 0.15) is 15.1 Å². The molecule has 2 aromatic rings. The fourth-order valence-electron chi connectivity index (χ4n) is 1.10. The highest BCUT2D eigenvalue weighted by molar-refractivity contribution is 14.1. The summed E-state index contributed by atoms with van der Waals surface area (Å²) in [5.41, 5.74) is -0.311. The number of rotatable bonds is 2. The van der Waals surface area contributed by atoms with Crippen LogP contribution in [0, 0.1) is 9.39 Å². The number of halogens is 3. The summed E-state index contributed by atoms with van der Waals surface area (Å²) in [5, 5.41) is 0.114. The molecule has 1 aromatic heterocycles. The molecule has 0 aliphatic carbocycles. The van der Waals surface area contributed by atoms with Crippen LogP contribution in [0.3, 0.4) is 0 Å². The molecular weight excluding hydrogens is 361 g/mol. The van der Waals surface area contributed by atoms with E-state index in [0.29, 0.717) is 3.57 Å². The van der Waals surface area contributed by atoms with Gasteiger partial charge in [-0.2, -0.15) is 0 Å². The van der Waals surface area contributed by atoms with Crippen molar-refractivity contribution in [3.05, 3.63) is 49.3 Å². The molecule has 0 fully saturated rings. The maximum absolute atomic E-state index is 12.8. The Balaban J connectivity index is 2.38. The Kier molecular flexibility index (Phi) is 3.63. The smallest absolute Gasteiger partial charge is 0.268 e. The molecule has 0 amide bonds. The van der Waals surface area contributed by atoms with Gasteiger partial charge in [0, 0.05) is 0 Å². The van der Waals surface area contributed by atoms with Gasteiger partial charge in [-0.25, -0.2) is 9.37 Å². The zero-order valence-electron chi connectivity index (χ0n) is 8.21. The highest BCUT2D eigenvalue weighted by Crippen LogP contribution is 2.29. The van der Waals surface area contributed by atoms with Crippen LogP contribution in [0.25, 0.3) is 0 Å². The standard InChI is InChI=1S/C10H5ClFIN2O2/c11-6-3-5(12)1-2-7(6)17-10-8(13)9(16)14-4-15-10/h1-4H,(H,14,15,16). The lowest BCUT2D eigenvalue weighted by Crippen LogP contribution is -2.11. The molecule has 0 saturated heterocycles. The summed E-state index contributed by atoms with van der Waals surface area (Å²) in [4.78, 5) is 17.6. The summed E-state index contributed by atoms with van der Waals surface area (Å²) >= 11 is 7.59. The fourth-order valence-corrected chi connectivity index (χ4v) is 1.71. The number of aromatic amines is 1. The Labute approximate surface area is 114 Å². The maximum Gasteiger partial charge on any atom is 0.268 e. The van der Waals surface area contributed by atoms with Gasteiger partial charge >= 0.3 is 0 Å². The van der Waals surface area contributed by atoms with Crippen LogP contribution < -0.4 is 10.3 Å². The Morgan fingerprint density at radius 3 is 2.94 bits per heavy atom. The quantitative estimate of drug-likeness (QED) is 0.832. The fraction of sp³-hybridized carbons (Fsp3) is 0. The van der Waals surface area contributed by atoms with E-state index in [9.17, 15) is 9.18 Å². The van der Waals surface area contributed by atoms with E-state index in [2.05, 4.69) is 9.97 Å². The highest BCUT2D eigenvalue weighted by atomic mass is 127. The maximum atomic E-state index is 12.8. The minimum atomic E-state index is -0.462. The van der Waals surface area contributed by atoms with Gasteiger partial charge in [0.15, 0.2) is 0 Å². The molecule has 0 unspecified atom stereocenters. The van der Waals surface area contributed by atoms with Gasteiger partial charge in [0.05, 0.1) is 11.3 Å². The molecule has 1 aromatic carbocycles. The topological polar surface area (TPSA) is 55.0 Å². The van der Waals surface area contributed by atoms with Crippen molar-refractivity contribution in [2.24, 2.45) is 0 Å². The molecule has 17 heavy (non-hydrogen) atoms. The lowest BCUT2D eigenvalue weighted by atomic mass is 10.3. The third-order valence-electron chi connectivity index (χ3n) is 1.87. The molecule has 2 rings (SSSR count). The minimum absolute atomic E-state index is 0.114. The number of nitrogens with zero attached hydrogens (tertiary/aromatic N) is 1. The number of ether oxygens (including phenoxy) is 1. The zero-order chi connectivity index (χ0) is 12.4. The summed E-state index contributed by atoms with van der Waals surface area (Å²) in [6.07, 6.45) is 1.22. The van der Waals surface area contributed by atoms with Crippen LogP contribution in [-0.2, 0) is 0 Å². The molecule has 0 aliphatic rings. The van der Waals surface area contributed by atoms with Crippen LogP contribution in [0.15, 0.2) is 29.3 Å². The lowest BCUT2D eigenvalue weighted by Gasteiger charge is -2.07. The van der Waals surface area contributed by atoms with Gasteiger partial charge in [-0.1, -0.05) is 11.6 Å². The summed E-state index contributed by atoms with van der Waals surface area (Å²) in [5.74, 6) is -0.0946. The van der Waals surface area contributed by atoms with Crippen LogP contribution in [0.1, 0.15) is 0 Å². The van der Waals surface area contributed by atoms with Crippen LogP contribution in [0.2, 0.25) is 5.02 Å². The Morgan fingerprint density at radius 2 is 2.24 bits per heavy atom. The van der Waals surface area contributed by atoms with Crippen molar-refractivity contribution >= 4 is 34.2 Å². The van der Waals surface area contributed by atoms with E-state index in [1.165, 1.54) is 18.5 Å². The average molecular weight is 367 g/mol. The predicted octanol–water partition coefficient (Wildman–Crippen LogP) is 2.96. The first-order valence-electron chi connectivity index (χ1n) is 4.44. The van der Waals surface area contributed by atoms with E-state index in [-0.39, 0.29) is 22.2 Å². The van der Waals surface area contributed by atoms with Gasteiger partial charge in [-0.05, 0) is 40.8 Å². The van der Waals surface area contributed by atoms with Crippen molar-refractivity contribution in [2.45, 2.75) is 0 Å². The summed E-state index contributed by atoms with van der Waals surface area (Å²) < 4.78 is 18.5. The Bertz CT molecular complexity index is 617. The number of hydrogen-bond acceptors (Lipinski definition) is 3. The molecule has 0 radical (unpaired) electrons. The Morgan fingerprint density at radius 1 is 1.47 bits per heavy atom. The molecule has 7 heteroatoms. The zero-order valence-corrected chi connectivity index (χ0v) is 11.1. The van der Waals surface area contributed by atoms with E-state index in [1.807, 2.05) is 0 Å². The van der Waals surface area contributed by atoms with Gasteiger partial charge in [0.2, 0.25) is 5.88 Å². The molecule has 4 nitrogen and oxygen atoms in total. The first kappa shape index (κ1) is 12.3. The van der Waals surface area contributed by atoms with Gasteiger partial charge in [-0.3, -0.25) is 4.79 Å². The molecular formula is C10H5ClFIN2O2. The van der Waals surface area contributed by atoms with Crippen molar-refractivity contribution in [3.8, 4) is 11.6 Å². The molecule has 1 heterocycles. The number of hydrogen-bond donors (Lipinski definition) is 1. The van der Waals surface area contributed by atoms with Crippen LogP contribution >= 0.6 is 34.2 Å². The van der Waals surface area contributed by atoms with Crippen molar-refractivity contribution in [3.63, 3.8) is 0 Å². The Hall–Kier alpha value is -1.15. The lowest BCUT2D eigenvalue weighted by molar-refractivity contribution is 0.455. The van der Waals surface area contributed by atoms with Gasteiger partial charge in [-0.15, -0.1) is 0 Å². The molecule has 0 aliphatic heterocycles. The van der Waals surface area contributed by atoms with Gasteiger partial charge < -0.3 is 9.72 Å². The minimum Gasteiger partial charge on any atom is -0.436 e. The first-order chi connectivity index (χ1) is 8.08. The van der Waals surface area contributed by atoms with Crippen LogP contribution in [0.4, 0.5) is 4.39 Å². The van der Waals surface area contributed by atoms with E-state index in [4.69, 9.17) is 16.3 Å². The SMILES string of the molecule is O=c1[nH]cnc(Oc2ccc(F)cc2Cl)c1I. The molecule has 88 valence electrons. The predicted molar refractivity (Wildman–Crippen MR) is 69.1 cm³/mol. The molecule has 0 spiro atoms. The van der Waals surface area contributed by atoms with Crippen molar-refractivity contribution in [1.82, 2.24) is 9.97 Å². The average Bonchev–Trinajstić information content (AvgIpc) is 2.28. The van der Waals surface area contributed by atoms with Crippen molar-refractivity contribution < 1.29 is 9.13 Å². The van der Waals surface area contributed by atoms with Crippen molar-refractivity contribution in [2.75, 3.05) is 0 Å². The highest BCUT2D eigenvalue weighted by Gasteiger charge is 2.10. The first-order valence-corrected chi connectivity index (χ1v) is 5.89. The number of nitrogens with one attached hydrogen (secondary N) is 1. The van der Waals surface area contributed by atoms with Crippen molar-refractivity contribution in [1.29, 1.82) is 0 Å². The second kappa shape index (κ2) is 5.01. The molecule has 0 atom stereocenters. The van der Waals surface area contributed by atoms with E-state index in [0.717, 1.165) is 6.07 Å². The molecule has 0 saturated carbocycles. The number of H-pyrrole nitrogens is 1. The second-order valence-corrected chi connectivity index (χ2v) is 4.51. The molecule has 1 N–H and O–H groups in total. The number of benzene rings is 1. The normalized spacial score (nSPS) is 10.3. The summed E-state index contributed by atoms with van der Waals surface area (Å²) in [6.45, 7) is 0. The van der Waals surface area contributed by atoms with Gasteiger partial charge in [0.25, 0.3) is 5.56 Å². The largest absolute Gasteiger partial charge is 0.436 e. The van der Waals surface area contributed by atoms with E-state index >= 15 is 0 Å². The van der Waals surface area contributed by atoms with Crippen LogP contribution in [0.5, 0.6) is 11.6 Å². The monoisotopic (exact) mass is 366 g/mol. The summed E-state index contributed by atoms with van der Waals surface area (Å²) in [7, 11) is 0. The third kappa shape index (κ3) is 2.75. The van der Waals surface area contributed by atoms with E-state index in [1.54, 1.807) is 22.6 Å². The second-order valence-electron chi connectivity index (χ2n) is 3.03. The summed E-state index contributed by atoms with van der Waals surface area (Å²) in [6, 6.07) is 3.70. The number of aromatic nitrogens is 2. The molecule has 0 bridgehead atoms.